The lowest BCUT2D eigenvalue weighted by Gasteiger charge is -2.26. The Kier molecular flexibility index (Phi) is 6.18. The third-order valence-electron chi connectivity index (χ3n) is 3.87. The molecule has 1 atom stereocenters. The summed E-state index contributed by atoms with van der Waals surface area (Å²) < 4.78 is 5.75. The molecule has 4 nitrogen and oxygen atoms in total. The first kappa shape index (κ1) is 17.0. The molecule has 2 aromatic rings. The van der Waals surface area contributed by atoms with Crippen LogP contribution in [0.5, 0.6) is 11.5 Å². The number of carboxylic acids is 1. The Morgan fingerprint density at radius 1 is 1.00 bits per heavy atom. The summed E-state index contributed by atoms with van der Waals surface area (Å²) in [6.45, 7) is 5.41. The molecule has 0 aliphatic rings. The molecule has 0 aliphatic heterocycles. The van der Waals surface area contributed by atoms with Crippen molar-refractivity contribution in [2.75, 3.05) is 13.1 Å². The van der Waals surface area contributed by atoms with Crippen LogP contribution in [0.25, 0.3) is 0 Å². The van der Waals surface area contributed by atoms with E-state index in [1.54, 1.807) is 0 Å². The molecule has 122 valence electrons. The van der Waals surface area contributed by atoms with E-state index in [0.717, 1.165) is 30.2 Å². The average Bonchev–Trinajstić information content (AvgIpc) is 2.57. The summed E-state index contributed by atoms with van der Waals surface area (Å²) in [5.41, 5.74) is 0.990. The summed E-state index contributed by atoms with van der Waals surface area (Å²) in [6, 6.07) is 16.7. The molecule has 23 heavy (non-hydrogen) atoms. The number of ether oxygens (including phenoxy) is 1. The van der Waals surface area contributed by atoms with Crippen LogP contribution in [-0.4, -0.2) is 35.1 Å². The van der Waals surface area contributed by atoms with Gasteiger partial charge in [0.2, 0.25) is 0 Å². The lowest BCUT2D eigenvalue weighted by atomic mass is 10.0. The van der Waals surface area contributed by atoms with Crippen molar-refractivity contribution < 1.29 is 14.6 Å². The highest BCUT2D eigenvalue weighted by Crippen LogP contribution is 2.22. The van der Waals surface area contributed by atoms with E-state index in [1.165, 1.54) is 0 Å². The molecule has 0 saturated carbocycles. The van der Waals surface area contributed by atoms with Crippen LogP contribution in [0.1, 0.15) is 19.4 Å². The molecule has 2 rings (SSSR count). The third-order valence-corrected chi connectivity index (χ3v) is 3.87. The van der Waals surface area contributed by atoms with Crippen LogP contribution in [0, 0.1) is 0 Å². The van der Waals surface area contributed by atoms with Crippen molar-refractivity contribution >= 4 is 5.97 Å². The Hall–Kier alpha value is -2.33. The van der Waals surface area contributed by atoms with Gasteiger partial charge in [-0.2, -0.15) is 0 Å². The van der Waals surface area contributed by atoms with E-state index in [0.29, 0.717) is 6.42 Å². The number of aliphatic carboxylic acids is 1. The molecule has 0 radical (unpaired) electrons. The largest absolute Gasteiger partial charge is 0.480 e. The maximum absolute atomic E-state index is 11.5. The Balaban J connectivity index is 2.05. The van der Waals surface area contributed by atoms with Gasteiger partial charge in [0, 0.05) is 0 Å². The van der Waals surface area contributed by atoms with Gasteiger partial charge in [0.05, 0.1) is 0 Å². The number of para-hydroxylation sites is 1. The summed E-state index contributed by atoms with van der Waals surface area (Å²) in [5.74, 6) is 0.750. The Bertz CT molecular complexity index is 606. The number of benzene rings is 2. The molecule has 0 bridgehead atoms. The summed E-state index contributed by atoms with van der Waals surface area (Å²) in [6.07, 6.45) is 0.489. The van der Waals surface area contributed by atoms with Crippen molar-refractivity contribution in [2.24, 2.45) is 0 Å². The number of hydrogen-bond donors (Lipinski definition) is 1. The molecule has 0 aliphatic carbocycles. The van der Waals surface area contributed by atoms with Crippen molar-refractivity contribution in [3.63, 3.8) is 0 Å². The first-order valence-electron chi connectivity index (χ1n) is 7.92. The van der Waals surface area contributed by atoms with Gasteiger partial charge >= 0.3 is 5.97 Å². The normalized spacial score (nSPS) is 12.1. The number of carbonyl (C=O) groups is 1. The minimum atomic E-state index is -0.779. The molecule has 4 heteroatoms. The van der Waals surface area contributed by atoms with E-state index in [2.05, 4.69) is 0 Å². The van der Waals surface area contributed by atoms with Crippen LogP contribution in [0.4, 0.5) is 0 Å². The fraction of sp³-hybridized carbons (Fsp3) is 0.316. The minimum absolute atomic E-state index is 0.489. The Morgan fingerprint density at radius 3 is 2.09 bits per heavy atom. The average molecular weight is 313 g/mol. The molecular weight excluding hydrogens is 290 g/mol. The molecule has 0 spiro atoms. The zero-order chi connectivity index (χ0) is 16.7. The topological polar surface area (TPSA) is 49.8 Å². The molecule has 1 N–H and O–H groups in total. The monoisotopic (exact) mass is 313 g/mol. The molecule has 0 amide bonds. The highest BCUT2D eigenvalue weighted by atomic mass is 16.5. The quantitative estimate of drug-likeness (QED) is 0.805. The minimum Gasteiger partial charge on any atom is -0.480 e. The van der Waals surface area contributed by atoms with Gasteiger partial charge in [-0.3, -0.25) is 9.69 Å². The standard InChI is InChI=1S/C19H23NO3/c1-3-20(4-2)18(19(21)22)14-15-10-12-17(13-11-15)23-16-8-6-5-7-9-16/h5-13,18H,3-4,14H2,1-2H3,(H,21,22)/t18-/m0/s1. The zero-order valence-electron chi connectivity index (χ0n) is 13.6. The lowest BCUT2D eigenvalue weighted by molar-refractivity contribution is -0.143. The SMILES string of the molecule is CCN(CC)[C@@H](Cc1ccc(Oc2ccccc2)cc1)C(=O)O. The van der Waals surface area contributed by atoms with Gasteiger partial charge in [-0.15, -0.1) is 0 Å². The molecule has 0 heterocycles. The molecule has 0 unspecified atom stereocenters. The Labute approximate surface area is 137 Å². The predicted octanol–water partition coefficient (Wildman–Crippen LogP) is 3.82. The van der Waals surface area contributed by atoms with Crippen LogP contribution in [0.15, 0.2) is 54.6 Å². The second-order valence-corrected chi connectivity index (χ2v) is 5.34. The molecule has 0 aromatic heterocycles. The van der Waals surface area contributed by atoms with Crippen LogP contribution in [0.2, 0.25) is 0 Å². The molecule has 0 fully saturated rings. The summed E-state index contributed by atoms with van der Waals surface area (Å²) in [4.78, 5) is 13.5. The van der Waals surface area contributed by atoms with Crippen molar-refractivity contribution in [1.82, 2.24) is 4.90 Å². The third kappa shape index (κ3) is 4.83. The maximum Gasteiger partial charge on any atom is 0.321 e. The number of nitrogens with zero attached hydrogens (tertiary/aromatic N) is 1. The molecule has 0 saturated heterocycles. The van der Waals surface area contributed by atoms with E-state index < -0.39 is 12.0 Å². The maximum atomic E-state index is 11.5. The lowest BCUT2D eigenvalue weighted by Crippen LogP contribution is -2.42. The van der Waals surface area contributed by atoms with Crippen LogP contribution >= 0.6 is 0 Å². The number of carboxylic acid groups (broad SMARTS) is 1. The van der Waals surface area contributed by atoms with E-state index in [1.807, 2.05) is 73.3 Å². The van der Waals surface area contributed by atoms with Gasteiger partial charge < -0.3 is 9.84 Å². The van der Waals surface area contributed by atoms with Crippen molar-refractivity contribution in [2.45, 2.75) is 26.3 Å². The highest BCUT2D eigenvalue weighted by Gasteiger charge is 2.23. The van der Waals surface area contributed by atoms with Crippen molar-refractivity contribution in [1.29, 1.82) is 0 Å². The summed E-state index contributed by atoms with van der Waals surface area (Å²) in [5, 5.41) is 9.45. The fourth-order valence-corrected chi connectivity index (χ4v) is 2.58. The van der Waals surface area contributed by atoms with Gasteiger partial charge in [0.1, 0.15) is 17.5 Å². The number of rotatable bonds is 8. The van der Waals surface area contributed by atoms with E-state index in [4.69, 9.17) is 4.74 Å². The smallest absolute Gasteiger partial charge is 0.321 e. The summed E-state index contributed by atoms with van der Waals surface area (Å²) >= 11 is 0. The summed E-state index contributed by atoms with van der Waals surface area (Å²) in [7, 11) is 0. The second-order valence-electron chi connectivity index (χ2n) is 5.34. The number of hydrogen-bond acceptors (Lipinski definition) is 3. The molecular formula is C19H23NO3. The van der Waals surface area contributed by atoms with Crippen LogP contribution in [-0.2, 0) is 11.2 Å². The van der Waals surface area contributed by atoms with Crippen molar-refractivity contribution in [3.05, 3.63) is 60.2 Å². The van der Waals surface area contributed by atoms with Gasteiger partial charge in [-0.1, -0.05) is 44.2 Å². The van der Waals surface area contributed by atoms with E-state index >= 15 is 0 Å². The van der Waals surface area contributed by atoms with E-state index in [-0.39, 0.29) is 0 Å². The Morgan fingerprint density at radius 2 is 1.57 bits per heavy atom. The van der Waals surface area contributed by atoms with E-state index in [9.17, 15) is 9.90 Å². The molecule has 2 aromatic carbocycles. The van der Waals surface area contributed by atoms with Gasteiger partial charge in [-0.25, -0.2) is 0 Å². The van der Waals surface area contributed by atoms with Gasteiger partial charge in [-0.05, 0) is 49.3 Å². The zero-order valence-corrected chi connectivity index (χ0v) is 13.6. The fourth-order valence-electron chi connectivity index (χ4n) is 2.58. The van der Waals surface area contributed by atoms with Crippen LogP contribution in [0.3, 0.4) is 0 Å². The highest BCUT2D eigenvalue weighted by molar-refractivity contribution is 5.74. The first-order valence-corrected chi connectivity index (χ1v) is 7.92. The van der Waals surface area contributed by atoms with Crippen molar-refractivity contribution in [3.8, 4) is 11.5 Å². The second kappa shape index (κ2) is 8.34. The van der Waals surface area contributed by atoms with Crippen LogP contribution < -0.4 is 4.74 Å². The predicted molar refractivity (Wildman–Crippen MR) is 91.0 cm³/mol. The number of likely N-dealkylation sites (N-methyl/N-ethyl adjacent to an activating group) is 1. The first-order chi connectivity index (χ1) is 11.1. The van der Waals surface area contributed by atoms with Gasteiger partial charge in [0.25, 0.3) is 0 Å². The van der Waals surface area contributed by atoms with Gasteiger partial charge in [0.15, 0.2) is 0 Å².